The van der Waals surface area contributed by atoms with Gasteiger partial charge in [0, 0.05) is 0 Å². The summed E-state index contributed by atoms with van der Waals surface area (Å²) in [6.07, 6.45) is 0. The molecule has 0 N–H and O–H groups in total. The Kier molecular flexibility index (Phi) is 19.2. The number of rotatable bonds is 6. The zero-order valence-electron chi connectivity index (χ0n) is 22.3. The molecule has 0 nitrogen and oxygen atoms in total. The molecule has 0 spiro atoms. The van der Waals surface area contributed by atoms with E-state index in [2.05, 4.69) is 182 Å². The van der Waals surface area contributed by atoms with Gasteiger partial charge in [-0.05, 0) is 47.7 Å². The van der Waals surface area contributed by atoms with Gasteiger partial charge in [-0.3, -0.25) is 0 Å². The fourth-order valence-corrected chi connectivity index (χ4v) is 8.97. The first-order chi connectivity index (χ1) is 18.9. The molecule has 5 heteroatoms. The standard InChI is InChI=1S/2C18H15P.CH4.2HI.Rh/c2*1-4-10-16(11-5-1)19(17-12-6-2-7-13-17)18-14-8-3-9-15-18;;;;/h2*1-15H;1H4;2*1H;/q;;;;;+2/p-2. The van der Waals surface area contributed by atoms with E-state index in [0.717, 1.165) is 0 Å². The van der Waals surface area contributed by atoms with Crippen LogP contribution in [0.5, 0.6) is 0 Å². The summed E-state index contributed by atoms with van der Waals surface area (Å²) in [7, 11) is -0.892. The van der Waals surface area contributed by atoms with Crippen molar-refractivity contribution >= 4 is 47.7 Å². The molecule has 0 aliphatic carbocycles. The smallest absolute Gasteiger partial charge is 1.00 e. The van der Waals surface area contributed by atoms with Crippen LogP contribution in [0.1, 0.15) is 7.43 Å². The predicted octanol–water partition coefficient (Wildman–Crippen LogP) is 1.53. The first-order valence-corrected chi connectivity index (χ1v) is 15.5. The third kappa shape index (κ3) is 10.8. The van der Waals surface area contributed by atoms with Crippen LogP contribution in [0.15, 0.2) is 182 Å². The molecule has 6 rings (SSSR count). The third-order valence-electron chi connectivity index (χ3n) is 6.09. The van der Waals surface area contributed by atoms with Gasteiger partial charge in [-0.2, -0.15) is 0 Å². The fourth-order valence-electron chi connectivity index (χ4n) is 4.36. The minimum Gasteiger partial charge on any atom is -1.00 e. The summed E-state index contributed by atoms with van der Waals surface area (Å²) in [5, 5.41) is 8.39. The predicted molar refractivity (Wildman–Crippen MR) is 177 cm³/mol. The van der Waals surface area contributed by atoms with Crippen molar-refractivity contribution in [2.24, 2.45) is 0 Å². The molecule has 0 unspecified atom stereocenters. The van der Waals surface area contributed by atoms with Gasteiger partial charge in [0.25, 0.3) is 0 Å². The molecule has 0 fully saturated rings. The van der Waals surface area contributed by atoms with Crippen LogP contribution in [0.2, 0.25) is 0 Å². The number of benzene rings is 6. The summed E-state index contributed by atoms with van der Waals surface area (Å²) >= 11 is 0. The average molecular weight is 897 g/mol. The molecular weight excluding hydrogens is 863 g/mol. The summed E-state index contributed by atoms with van der Waals surface area (Å²) in [4.78, 5) is 0. The van der Waals surface area contributed by atoms with Crippen LogP contribution in [0.25, 0.3) is 0 Å². The van der Waals surface area contributed by atoms with Gasteiger partial charge in [-0.1, -0.05) is 189 Å². The summed E-state index contributed by atoms with van der Waals surface area (Å²) < 4.78 is 0. The van der Waals surface area contributed by atoms with E-state index in [4.69, 9.17) is 0 Å². The van der Waals surface area contributed by atoms with Gasteiger partial charge in [-0.15, -0.1) is 0 Å². The van der Waals surface area contributed by atoms with E-state index in [1.165, 1.54) is 31.8 Å². The Morgan fingerprint density at radius 1 is 0.238 bits per heavy atom. The van der Waals surface area contributed by atoms with Crippen molar-refractivity contribution in [3.05, 3.63) is 182 Å². The molecule has 0 aliphatic heterocycles. The van der Waals surface area contributed by atoms with E-state index < -0.39 is 15.8 Å². The Labute approximate surface area is 301 Å². The SMILES string of the molecule is C.[I-].[I-].[Rh+2].c1ccc(P(c2ccccc2)c2ccccc2)cc1.c1ccc(P(c2ccccc2)c2ccccc2)cc1. The van der Waals surface area contributed by atoms with Crippen LogP contribution in [-0.2, 0) is 19.5 Å². The van der Waals surface area contributed by atoms with Crippen molar-refractivity contribution < 1.29 is 67.4 Å². The summed E-state index contributed by atoms with van der Waals surface area (Å²) in [5.74, 6) is 0. The molecule has 0 heterocycles. The van der Waals surface area contributed by atoms with Gasteiger partial charge in [0.2, 0.25) is 0 Å². The zero-order valence-corrected chi connectivity index (χ0v) is 30.0. The molecule has 0 saturated carbocycles. The summed E-state index contributed by atoms with van der Waals surface area (Å²) in [6.45, 7) is 0. The van der Waals surface area contributed by atoms with Crippen molar-refractivity contribution in [2.75, 3.05) is 0 Å². The fraction of sp³-hybridized carbons (Fsp3) is 0.0270. The Hall–Kier alpha value is -1.74. The van der Waals surface area contributed by atoms with Crippen molar-refractivity contribution in [2.45, 2.75) is 7.43 Å². The van der Waals surface area contributed by atoms with Gasteiger partial charge in [-0.25, -0.2) is 0 Å². The topological polar surface area (TPSA) is 0 Å². The molecular formula is C37H34I2P2Rh. The van der Waals surface area contributed by atoms with Crippen LogP contribution in [0.3, 0.4) is 0 Å². The molecule has 1 radical (unpaired) electrons. The normalized spacial score (nSPS) is 9.57. The largest absolute Gasteiger partial charge is 2.00 e. The minimum atomic E-state index is -0.446. The van der Waals surface area contributed by atoms with E-state index >= 15 is 0 Å². The first kappa shape index (κ1) is 38.3. The molecule has 0 amide bonds. The van der Waals surface area contributed by atoms with Crippen molar-refractivity contribution in [1.82, 2.24) is 0 Å². The first-order valence-electron chi connectivity index (χ1n) is 12.8. The van der Waals surface area contributed by atoms with Crippen molar-refractivity contribution in [1.29, 1.82) is 0 Å². The maximum Gasteiger partial charge on any atom is 2.00 e. The Balaban J connectivity index is 0.000000383. The summed E-state index contributed by atoms with van der Waals surface area (Å²) in [5.41, 5.74) is 0. The van der Waals surface area contributed by atoms with E-state index in [1.807, 2.05) is 0 Å². The van der Waals surface area contributed by atoms with E-state index in [1.54, 1.807) is 0 Å². The quantitative estimate of drug-likeness (QED) is 0.136. The van der Waals surface area contributed by atoms with Gasteiger partial charge in [0.15, 0.2) is 0 Å². The van der Waals surface area contributed by atoms with E-state index in [-0.39, 0.29) is 74.9 Å². The molecule has 0 bridgehead atoms. The summed E-state index contributed by atoms with van der Waals surface area (Å²) in [6, 6.07) is 64.7. The van der Waals surface area contributed by atoms with Crippen LogP contribution in [0, 0.1) is 0 Å². The molecule has 42 heavy (non-hydrogen) atoms. The van der Waals surface area contributed by atoms with E-state index in [0.29, 0.717) is 0 Å². The van der Waals surface area contributed by atoms with E-state index in [9.17, 15) is 0 Å². The molecule has 0 atom stereocenters. The average Bonchev–Trinajstić information content (AvgIpc) is 3.01. The monoisotopic (exact) mass is 897 g/mol. The third-order valence-corrected chi connectivity index (χ3v) is 11.0. The molecule has 6 aromatic carbocycles. The number of halogens is 2. The van der Waals surface area contributed by atoms with Crippen LogP contribution in [0.4, 0.5) is 0 Å². The molecule has 0 aliphatic rings. The number of hydrogen-bond donors (Lipinski definition) is 0. The Bertz CT molecular complexity index is 1180. The molecule has 0 aromatic heterocycles. The van der Waals surface area contributed by atoms with Gasteiger partial charge in [0.1, 0.15) is 0 Å². The second-order valence-corrected chi connectivity index (χ2v) is 13.1. The van der Waals surface area contributed by atoms with Crippen LogP contribution < -0.4 is 79.8 Å². The molecule has 215 valence electrons. The second-order valence-electron chi connectivity index (χ2n) is 8.68. The van der Waals surface area contributed by atoms with Gasteiger partial charge in [0.05, 0.1) is 0 Å². The van der Waals surface area contributed by atoms with Crippen molar-refractivity contribution in [3.8, 4) is 0 Å². The van der Waals surface area contributed by atoms with Gasteiger partial charge >= 0.3 is 19.5 Å². The van der Waals surface area contributed by atoms with Gasteiger partial charge < -0.3 is 48.0 Å². The Morgan fingerprint density at radius 3 is 0.476 bits per heavy atom. The Morgan fingerprint density at radius 2 is 0.357 bits per heavy atom. The maximum atomic E-state index is 2.23. The molecule has 6 aromatic rings. The van der Waals surface area contributed by atoms with Crippen molar-refractivity contribution in [3.63, 3.8) is 0 Å². The zero-order chi connectivity index (χ0) is 25.8. The maximum absolute atomic E-state index is 2.23. The molecule has 0 saturated heterocycles. The van der Waals surface area contributed by atoms with Crippen LogP contribution in [-0.4, -0.2) is 0 Å². The second kappa shape index (κ2) is 21.0. The minimum absolute atomic E-state index is 0. The number of hydrogen-bond acceptors (Lipinski definition) is 0. The van der Waals surface area contributed by atoms with Crippen LogP contribution >= 0.6 is 15.8 Å².